The first-order valence-electron chi connectivity index (χ1n) is 8.82. The van der Waals surface area contributed by atoms with Crippen LogP contribution in [-0.2, 0) is 19.1 Å². The fourth-order valence-corrected chi connectivity index (χ4v) is 3.19. The number of hydrogen-bond donors (Lipinski definition) is 1. The second-order valence-corrected chi connectivity index (χ2v) is 6.77. The van der Waals surface area contributed by atoms with E-state index in [2.05, 4.69) is 5.32 Å². The Bertz CT molecular complexity index is 843. The molecule has 1 atom stereocenters. The molecule has 1 heterocycles. The third-order valence-corrected chi connectivity index (χ3v) is 4.38. The first-order chi connectivity index (χ1) is 12.9. The number of carbonyl (C=O) groups excluding carboxylic acids is 3. The molecule has 6 nitrogen and oxygen atoms in total. The van der Waals surface area contributed by atoms with Gasteiger partial charge in [-0.1, -0.05) is 24.3 Å². The summed E-state index contributed by atoms with van der Waals surface area (Å²) in [7, 11) is 0. The highest BCUT2D eigenvalue weighted by Crippen LogP contribution is 2.27. The van der Waals surface area contributed by atoms with Crippen molar-refractivity contribution in [2.75, 3.05) is 23.4 Å². The summed E-state index contributed by atoms with van der Waals surface area (Å²) < 4.78 is 5.11. The number of nitrogens with zero attached hydrogens (tertiary/aromatic N) is 1. The molecular weight excluding hydrogens is 344 g/mol. The predicted octanol–water partition coefficient (Wildman–Crippen LogP) is 2.84. The average Bonchev–Trinajstić information content (AvgIpc) is 3.01. The first-order valence-corrected chi connectivity index (χ1v) is 8.82. The van der Waals surface area contributed by atoms with Crippen LogP contribution in [0, 0.1) is 19.8 Å². The van der Waals surface area contributed by atoms with Gasteiger partial charge in [0.25, 0.3) is 5.91 Å². The Morgan fingerprint density at radius 3 is 2.44 bits per heavy atom. The van der Waals surface area contributed by atoms with E-state index < -0.39 is 17.8 Å². The standard InChI is InChI=1S/C21H22N2O4/c1-14-8-15(2)10-18(9-14)23-12-16(11-20(23)25)21(26)27-13-19(24)22-17-6-4-3-5-7-17/h3-10,16H,11-13H2,1-2H3,(H,22,24)/t16-/m0/s1. The van der Waals surface area contributed by atoms with E-state index in [0.717, 1.165) is 16.8 Å². The number of rotatable bonds is 5. The summed E-state index contributed by atoms with van der Waals surface area (Å²) in [5.74, 6) is -1.62. The van der Waals surface area contributed by atoms with Crippen LogP contribution in [0.4, 0.5) is 11.4 Å². The van der Waals surface area contributed by atoms with Crippen molar-refractivity contribution in [1.82, 2.24) is 0 Å². The maximum atomic E-state index is 12.3. The van der Waals surface area contributed by atoms with Crippen molar-refractivity contribution >= 4 is 29.2 Å². The Morgan fingerprint density at radius 1 is 1.11 bits per heavy atom. The zero-order valence-corrected chi connectivity index (χ0v) is 15.4. The van der Waals surface area contributed by atoms with Crippen LogP contribution in [-0.4, -0.2) is 30.9 Å². The quantitative estimate of drug-likeness (QED) is 0.826. The molecule has 0 bridgehead atoms. The van der Waals surface area contributed by atoms with Gasteiger partial charge in [0.1, 0.15) is 0 Å². The average molecular weight is 366 g/mol. The van der Waals surface area contributed by atoms with Crippen LogP contribution < -0.4 is 10.2 Å². The molecule has 2 aromatic rings. The van der Waals surface area contributed by atoms with E-state index >= 15 is 0 Å². The van der Waals surface area contributed by atoms with Gasteiger partial charge >= 0.3 is 5.97 Å². The van der Waals surface area contributed by atoms with E-state index in [9.17, 15) is 14.4 Å². The van der Waals surface area contributed by atoms with Gasteiger partial charge in [-0.25, -0.2) is 0 Å². The van der Waals surface area contributed by atoms with Gasteiger partial charge < -0.3 is 15.0 Å². The molecule has 0 aromatic heterocycles. The lowest BCUT2D eigenvalue weighted by Crippen LogP contribution is -2.28. The highest BCUT2D eigenvalue weighted by atomic mass is 16.5. The zero-order chi connectivity index (χ0) is 19.4. The van der Waals surface area contributed by atoms with Gasteiger partial charge in [0.05, 0.1) is 5.92 Å². The maximum absolute atomic E-state index is 12.3. The first kappa shape index (κ1) is 18.6. The third-order valence-electron chi connectivity index (χ3n) is 4.38. The van der Waals surface area contributed by atoms with Crippen molar-refractivity contribution in [3.63, 3.8) is 0 Å². The topological polar surface area (TPSA) is 75.7 Å². The highest BCUT2D eigenvalue weighted by molar-refractivity contribution is 6.00. The van der Waals surface area contributed by atoms with Gasteiger partial charge in [-0.3, -0.25) is 14.4 Å². The van der Waals surface area contributed by atoms with E-state index in [-0.39, 0.29) is 25.5 Å². The van der Waals surface area contributed by atoms with Gasteiger partial charge in [-0.05, 0) is 49.2 Å². The van der Waals surface area contributed by atoms with E-state index in [4.69, 9.17) is 4.74 Å². The molecule has 1 fully saturated rings. The van der Waals surface area contributed by atoms with Gasteiger partial charge in [-0.2, -0.15) is 0 Å². The zero-order valence-electron chi connectivity index (χ0n) is 15.4. The molecule has 1 N–H and O–H groups in total. The Morgan fingerprint density at radius 2 is 1.78 bits per heavy atom. The molecule has 0 radical (unpaired) electrons. The molecule has 0 spiro atoms. The number of nitrogens with one attached hydrogen (secondary N) is 1. The normalized spacial score (nSPS) is 16.3. The lowest BCUT2D eigenvalue weighted by atomic mass is 10.1. The summed E-state index contributed by atoms with van der Waals surface area (Å²) >= 11 is 0. The SMILES string of the molecule is Cc1cc(C)cc(N2C[C@@H](C(=O)OCC(=O)Nc3ccccc3)CC2=O)c1. The molecule has 2 aromatic carbocycles. The second-order valence-electron chi connectivity index (χ2n) is 6.77. The van der Waals surface area contributed by atoms with E-state index in [1.807, 2.05) is 38.1 Å². The number of ether oxygens (including phenoxy) is 1. The summed E-state index contributed by atoms with van der Waals surface area (Å²) in [6, 6.07) is 14.8. The molecule has 140 valence electrons. The van der Waals surface area contributed by atoms with Crippen LogP contribution in [0.3, 0.4) is 0 Å². The lowest BCUT2D eigenvalue weighted by Gasteiger charge is -2.18. The Labute approximate surface area is 158 Å². The number of amides is 2. The summed E-state index contributed by atoms with van der Waals surface area (Å²) in [6.45, 7) is 3.82. The van der Waals surface area contributed by atoms with E-state index in [1.165, 1.54) is 0 Å². The molecule has 0 aliphatic carbocycles. The van der Waals surface area contributed by atoms with Crippen molar-refractivity contribution in [1.29, 1.82) is 0 Å². The van der Waals surface area contributed by atoms with Crippen molar-refractivity contribution in [3.05, 3.63) is 59.7 Å². The van der Waals surface area contributed by atoms with Crippen molar-refractivity contribution in [2.45, 2.75) is 20.3 Å². The van der Waals surface area contributed by atoms with Crippen LogP contribution in [0.2, 0.25) is 0 Å². The van der Waals surface area contributed by atoms with Crippen LogP contribution in [0.5, 0.6) is 0 Å². The molecule has 0 saturated carbocycles. The van der Waals surface area contributed by atoms with Crippen molar-refractivity contribution in [3.8, 4) is 0 Å². The molecule has 1 aliphatic rings. The Kier molecular flexibility index (Phi) is 5.54. The van der Waals surface area contributed by atoms with Crippen LogP contribution in [0.1, 0.15) is 17.5 Å². The molecular formula is C21H22N2O4. The van der Waals surface area contributed by atoms with E-state index in [1.54, 1.807) is 29.2 Å². The number of para-hydroxylation sites is 1. The van der Waals surface area contributed by atoms with Crippen LogP contribution in [0.15, 0.2) is 48.5 Å². The lowest BCUT2D eigenvalue weighted by molar-refractivity contribution is -0.151. The summed E-state index contributed by atoms with van der Waals surface area (Å²) in [5.41, 5.74) is 3.54. The van der Waals surface area contributed by atoms with Gasteiger partial charge in [0.2, 0.25) is 5.91 Å². The minimum absolute atomic E-state index is 0.0894. The van der Waals surface area contributed by atoms with Crippen molar-refractivity contribution in [2.24, 2.45) is 5.92 Å². The fraction of sp³-hybridized carbons (Fsp3) is 0.286. The summed E-state index contributed by atoms with van der Waals surface area (Å²) in [4.78, 5) is 38.1. The monoisotopic (exact) mass is 366 g/mol. The molecule has 1 saturated heterocycles. The maximum Gasteiger partial charge on any atom is 0.311 e. The molecule has 6 heteroatoms. The number of esters is 1. The fourth-order valence-electron chi connectivity index (χ4n) is 3.19. The summed E-state index contributed by atoms with van der Waals surface area (Å²) in [6.07, 6.45) is 0.0894. The number of aryl methyl sites for hydroxylation is 2. The second kappa shape index (κ2) is 8.03. The molecule has 0 unspecified atom stereocenters. The van der Waals surface area contributed by atoms with Crippen LogP contribution >= 0.6 is 0 Å². The number of benzene rings is 2. The van der Waals surface area contributed by atoms with Gasteiger partial charge in [0.15, 0.2) is 6.61 Å². The summed E-state index contributed by atoms with van der Waals surface area (Å²) in [5, 5.41) is 2.65. The number of anilines is 2. The van der Waals surface area contributed by atoms with E-state index in [0.29, 0.717) is 5.69 Å². The molecule has 27 heavy (non-hydrogen) atoms. The Balaban J connectivity index is 1.55. The van der Waals surface area contributed by atoms with Gasteiger partial charge in [-0.15, -0.1) is 0 Å². The third kappa shape index (κ3) is 4.73. The van der Waals surface area contributed by atoms with Gasteiger partial charge in [0, 0.05) is 24.3 Å². The Hall–Kier alpha value is -3.15. The molecule has 3 rings (SSSR count). The van der Waals surface area contributed by atoms with Crippen molar-refractivity contribution < 1.29 is 19.1 Å². The minimum Gasteiger partial charge on any atom is -0.455 e. The predicted molar refractivity (Wildman–Crippen MR) is 102 cm³/mol. The largest absolute Gasteiger partial charge is 0.455 e. The highest BCUT2D eigenvalue weighted by Gasteiger charge is 2.36. The smallest absolute Gasteiger partial charge is 0.311 e. The molecule has 1 aliphatic heterocycles. The van der Waals surface area contributed by atoms with Crippen LogP contribution in [0.25, 0.3) is 0 Å². The molecule has 2 amide bonds. The number of carbonyl (C=O) groups is 3. The minimum atomic E-state index is -0.567. The number of hydrogen-bond acceptors (Lipinski definition) is 4.